The molecular weight excluding hydrogens is 584 g/mol. The van der Waals surface area contributed by atoms with Crippen LogP contribution in [0, 0.1) is 5.41 Å². The van der Waals surface area contributed by atoms with Crippen molar-refractivity contribution in [2.45, 2.75) is 96.6 Å². The lowest BCUT2D eigenvalue weighted by atomic mass is 9.68. The zero-order valence-electron chi connectivity index (χ0n) is 25.9. The van der Waals surface area contributed by atoms with E-state index < -0.39 is 27.3 Å². The largest absolute Gasteiger partial charge is 1.00 e. The van der Waals surface area contributed by atoms with E-state index in [0.29, 0.717) is 4.90 Å². The van der Waals surface area contributed by atoms with Crippen molar-refractivity contribution in [3.63, 3.8) is 0 Å². The van der Waals surface area contributed by atoms with Gasteiger partial charge >= 0.3 is 0 Å². The van der Waals surface area contributed by atoms with Gasteiger partial charge in [0.15, 0.2) is 9.84 Å². The van der Waals surface area contributed by atoms with Gasteiger partial charge in [0.05, 0.1) is 36.4 Å². The first-order chi connectivity index (χ1) is 18.5. The number of aliphatic hydroxyl groups is 1. The van der Waals surface area contributed by atoms with Crippen LogP contribution < -0.4 is 21.9 Å². The zero-order valence-corrected chi connectivity index (χ0v) is 28.3. The van der Waals surface area contributed by atoms with Gasteiger partial charge in [0.2, 0.25) is 0 Å². The summed E-state index contributed by atoms with van der Waals surface area (Å²) in [6.07, 6.45) is 4.42. The quantitative estimate of drug-likeness (QED) is 0.340. The Kier molecular flexibility index (Phi) is 12.8. The molecule has 1 aliphatic heterocycles. The Labute approximate surface area is 255 Å². The molecule has 0 amide bonds. The van der Waals surface area contributed by atoms with E-state index in [1.54, 1.807) is 6.07 Å². The van der Waals surface area contributed by atoms with Gasteiger partial charge in [0.25, 0.3) is 0 Å². The van der Waals surface area contributed by atoms with Crippen molar-refractivity contribution in [3.8, 4) is 0 Å². The van der Waals surface area contributed by atoms with Crippen molar-refractivity contribution in [3.05, 3.63) is 59.2 Å². The number of aliphatic hydroxyl groups excluding tert-OH is 1. The average molecular weight is 638 g/mol. The fourth-order valence-corrected chi connectivity index (χ4v) is 8.81. The van der Waals surface area contributed by atoms with E-state index in [4.69, 9.17) is 0 Å². The first-order valence-electron chi connectivity index (χ1n) is 15.2. The summed E-state index contributed by atoms with van der Waals surface area (Å²) < 4.78 is 29.1. The molecule has 7 heteroatoms. The van der Waals surface area contributed by atoms with E-state index >= 15 is 0 Å². The molecule has 0 bridgehead atoms. The first kappa shape index (κ1) is 34.8. The molecule has 0 aliphatic carbocycles. The van der Waals surface area contributed by atoms with E-state index in [1.165, 1.54) is 5.56 Å². The summed E-state index contributed by atoms with van der Waals surface area (Å²) in [6, 6.07) is 14.4. The van der Waals surface area contributed by atoms with Crippen LogP contribution in [0.4, 0.5) is 5.69 Å². The molecule has 2 aromatic rings. The minimum absolute atomic E-state index is 0. The smallest absolute Gasteiger partial charge is 0.179 e. The summed E-state index contributed by atoms with van der Waals surface area (Å²) in [7, 11) is 0.357. The summed E-state index contributed by atoms with van der Waals surface area (Å²) >= 11 is 0. The molecule has 0 fully saturated rings. The highest BCUT2D eigenvalue weighted by atomic mass is 79.9. The van der Waals surface area contributed by atoms with E-state index in [9.17, 15) is 13.5 Å². The lowest BCUT2D eigenvalue weighted by Gasteiger charge is -2.40. The van der Waals surface area contributed by atoms with Crippen LogP contribution in [-0.4, -0.2) is 63.6 Å². The normalized spacial score (nSPS) is 19.8. The SMILES string of the molecule is CCCCC1(CCCC)CS(=O)(=O)c2ccc(N(C)C)cc2[C@@H](c2ccc(C[N+](CC)(CC)CC)cc2)[C@H]1O.[Br-]. The van der Waals surface area contributed by atoms with Gasteiger partial charge in [-0.05, 0) is 62.9 Å². The molecule has 0 spiro atoms. The van der Waals surface area contributed by atoms with Crippen LogP contribution in [0.25, 0.3) is 0 Å². The third-order valence-corrected chi connectivity index (χ3v) is 11.5. The summed E-state index contributed by atoms with van der Waals surface area (Å²) in [6.45, 7) is 15.3. The summed E-state index contributed by atoms with van der Waals surface area (Å²) in [5.74, 6) is -0.393. The van der Waals surface area contributed by atoms with Gasteiger partial charge in [-0.15, -0.1) is 0 Å². The maximum atomic E-state index is 14.0. The molecule has 2 aromatic carbocycles. The predicted molar refractivity (Wildman–Crippen MR) is 164 cm³/mol. The Morgan fingerprint density at radius 2 is 1.45 bits per heavy atom. The molecule has 0 radical (unpaired) electrons. The highest BCUT2D eigenvalue weighted by molar-refractivity contribution is 7.91. The third-order valence-electron chi connectivity index (χ3n) is 9.53. The zero-order chi connectivity index (χ0) is 28.8. The van der Waals surface area contributed by atoms with Gasteiger partial charge in [0.1, 0.15) is 6.54 Å². The molecule has 0 saturated heterocycles. The van der Waals surface area contributed by atoms with Crippen molar-refractivity contribution >= 4 is 15.5 Å². The maximum absolute atomic E-state index is 14.0. The molecule has 1 aliphatic rings. The van der Waals surface area contributed by atoms with Crippen LogP contribution in [0.15, 0.2) is 47.4 Å². The van der Waals surface area contributed by atoms with Gasteiger partial charge < -0.3 is 31.5 Å². The number of quaternary nitrogens is 1. The molecule has 0 unspecified atom stereocenters. The fourth-order valence-electron chi connectivity index (χ4n) is 6.61. The summed E-state index contributed by atoms with van der Waals surface area (Å²) in [4.78, 5) is 2.39. The Bertz CT molecular complexity index is 1160. The second-order valence-corrected chi connectivity index (χ2v) is 14.0. The fraction of sp³-hybridized carbons (Fsp3) is 0.636. The molecule has 5 nitrogen and oxygen atoms in total. The number of nitrogens with zero attached hydrogens (tertiary/aromatic N) is 2. The lowest BCUT2D eigenvalue weighted by Crippen LogP contribution is -3.00. The molecular formula is C33H53BrN2O3S. The van der Waals surface area contributed by atoms with Crippen molar-refractivity contribution in [1.29, 1.82) is 0 Å². The molecule has 0 saturated carbocycles. The Balaban J connectivity index is 0.00000560. The van der Waals surface area contributed by atoms with Gasteiger partial charge in [-0.1, -0.05) is 63.8 Å². The van der Waals surface area contributed by atoms with Crippen LogP contribution >= 0.6 is 0 Å². The van der Waals surface area contributed by atoms with E-state index in [-0.39, 0.29) is 22.7 Å². The van der Waals surface area contributed by atoms with Gasteiger partial charge in [-0.3, -0.25) is 0 Å². The van der Waals surface area contributed by atoms with Crippen LogP contribution in [0.1, 0.15) is 95.8 Å². The number of rotatable bonds is 13. The average Bonchev–Trinajstić information content (AvgIpc) is 3.00. The number of halogens is 1. The number of fused-ring (bicyclic) bond motifs is 1. The van der Waals surface area contributed by atoms with Crippen LogP contribution in [0.2, 0.25) is 0 Å². The maximum Gasteiger partial charge on any atom is 0.179 e. The number of hydrogen-bond acceptors (Lipinski definition) is 4. The molecule has 1 N–H and O–H groups in total. The van der Waals surface area contributed by atoms with Crippen molar-refractivity contribution in [2.24, 2.45) is 5.41 Å². The Hall–Kier alpha value is -1.41. The molecule has 0 aromatic heterocycles. The monoisotopic (exact) mass is 636 g/mol. The number of anilines is 1. The van der Waals surface area contributed by atoms with E-state index in [1.807, 2.05) is 31.1 Å². The Morgan fingerprint density at radius 1 is 0.900 bits per heavy atom. The highest BCUT2D eigenvalue weighted by Gasteiger charge is 2.49. The summed E-state index contributed by atoms with van der Waals surface area (Å²) in [5.41, 5.74) is 3.29. The van der Waals surface area contributed by atoms with Crippen LogP contribution in [-0.2, 0) is 16.4 Å². The van der Waals surface area contributed by atoms with E-state index in [0.717, 1.165) is 86.0 Å². The second kappa shape index (κ2) is 14.7. The summed E-state index contributed by atoms with van der Waals surface area (Å²) in [5, 5.41) is 12.4. The number of unbranched alkanes of at least 4 members (excludes halogenated alkanes) is 2. The molecule has 3 rings (SSSR count). The molecule has 1 heterocycles. The minimum atomic E-state index is -3.59. The Morgan fingerprint density at radius 3 is 1.93 bits per heavy atom. The van der Waals surface area contributed by atoms with E-state index in [2.05, 4.69) is 58.9 Å². The lowest BCUT2D eigenvalue weighted by molar-refractivity contribution is -0.936. The predicted octanol–water partition coefficient (Wildman–Crippen LogP) is 3.78. The van der Waals surface area contributed by atoms with Crippen LogP contribution in [0.5, 0.6) is 0 Å². The molecule has 40 heavy (non-hydrogen) atoms. The van der Waals surface area contributed by atoms with Crippen molar-refractivity contribution < 1.29 is 35.0 Å². The topological polar surface area (TPSA) is 57.6 Å². The van der Waals surface area contributed by atoms with Crippen molar-refractivity contribution in [1.82, 2.24) is 0 Å². The van der Waals surface area contributed by atoms with Gasteiger partial charge in [0, 0.05) is 36.7 Å². The number of hydrogen-bond donors (Lipinski definition) is 1. The molecule has 226 valence electrons. The van der Waals surface area contributed by atoms with Gasteiger partial charge in [-0.2, -0.15) is 0 Å². The number of sulfone groups is 1. The standard InChI is InChI=1S/C33H53N2O3S.BrH/c1-8-13-21-33(22-14-9-2)25-39(37,38)30-20-19-28(34(6)7)23-29(30)31(32(33)36)27-17-15-26(16-18-27)24-35(10-3,11-4)12-5;/h15-20,23,31-32,36H,8-14,21-22,24-25H2,1-7H3;1H/q+1;/p-1/t31-,32-;/m1./s1. The number of benzene rings is 2. The third kappa shape index (κ3) is 7.32. The highest BCUT2D eigenvalue weighted by Crippen LogP contribution is 2.50. The first-order valence-corrected chi connectivity index (χ1v) is 16.8. The second-order valence-electron chi connectivity index (χ2n) is 12.1. The molecule has 2 atom stereocenters. The van der Waals surface area contributed by atoms with Crippen molar-refractivity contribution in [2.75, 3.05) is 44.4 Å². The minimum Gasteiger partial charge on any atom is -1.00 e. The van der Waals surface area contributed by atoms with Crippen LogP contribution in [0.3, 0.4) is 0 Å². The van der Waals surface area contributed by atoms with Gasteiger partial charge in [-0.25, -0.2) is 8.42 Å².